The molecule has 104 valence electrons. The third kappa shape index (κ3) is 3.59. The largest absolute Gasteiger partial charge is 0.291 e. The van der Waals surface area contributed by atoms with Crippen LogP contribution >= 0.6 is 12.2 Å². The van der Waals surface area contributed by atoms with E-state index in [2.05, 4.69) is 0 Å². The van der Waals surface area contributed by atoms with E-state index < -0.39 is 0 Å². The van der Waals surface area contributed by atoms with Gasteiger partial charge in [0.2, 0.25) is 0 Å². The molecule has 0 saturated carbocycles. The van der Waals surface area contributed by atoms with E-state index in [1.54, 1.807) is 24.3 Å². The van der Waals surface area contributed by atoms with E-state index in [1.165, 1.54) is 24.3 Å². The molecule has 5 heteroatoms. The molecule has 2 aromatic carbocycles. The van der Waals surface area contributed by atoms with Crippen LogP contribution in [0.5, 0.6) is 0 Å². The average Bonchev–Trinajstić information content (AvgIpc) is 2.46. The average molecular weight is 293 g/mol. The summed E-state index contributed by atoms with van der Waals surface area (Å²) in [6.07, 6.45) is 0.350. The number of thiocarbonyl (C=S) groups is 1. The maximum atomic E-state index is 13.0. The van der Waals surface area contributed by atoms with Crippen LogP contribution in [-0.4, -0.2) is 10.2 Å². The van der Waals surface area contributed by atoms with Crippen molar-refractivity contribution in [1.29, 1.82) is 0 Å². The molecule has 0 atom stereocenters. The van der Waals surface area contributed by atoms with Crippen molar-refractivity contribution in [1.82, 2.24) is 5.48 Å². The first-order valence-electron chi connectivity index (χ1n) is 6.04. The van der Waals surface area contributed by atoms with E-state index >= 15 is 0 Å². The predicted molar refractivity (Wildman–Crippen MR) is 76.8 cm³/mol. The predicted octanol–water partition coefficient (Wildman–Crippen LogP) is 3.79. The van der Waals surface area contributed by atoms with Gasteiger partial charge in [0.15, 0.2) is 0 Å². The summed E-state index contributed by atoms with van der Waals surface area (Å²) in [5.74, 6) is -0.827. The lowest BCUT2D eigenvalue weighted by Gasteiger charge is -2.18. The van der Waals surface area contributed by atoms with Crippen molar-refractivity contribution < 1.29 is 14.0 Å². The summed E-state index contributed by atoms with van der Waals surface area (Å²) in [5.41, 5.74) is 3.63. The summed E-state index contributed by atoms with van der Waals surface area (Å²) < 4.78 is 26.0. The van der Waals surface area contributed by atoms with Crippen LogP contribution in [-0.2, 0) is 0 Å². The molecule has 0 radical (unpaired) electrons. The lowest BCUT2D eigenvalue weighted by atomic mass is 9.88. The van der Waals surface area contributed by atoms with Gasteiger partial charge in [0.25, 0.3) is 0 Å². The molecule has 0 amide bonds. The summed E-state index contributed by atoms with van der Waals surface area (Å²) in [6.45, 7) is 0. The van der Waals surface area contributed by atoms with Crippen molar-refractivity contribution in [2.45, 2.75) is 12.3 Å². The third-order valence-electron chi connectivity index (χ3n) is 3.06. The normalized spacial score (nSPS) is 10.6. The molecule has 0 bridgehead atoms. The Balaban J connectivity index is 2.35. The number of benzene rings is 2. The smallest absolute Gasteiger partial charge is 0.123 e. The van der Waals surface area contributed by atoms with Gasteiger partial charge in [-0.15, -0.1) is 0 Å². The molecule has 0 aromatic heterocycles. The van der Waals surface area contributed by atoms with Crippen molar-refractivity contribution >= 4 is 17.2 Å². The Labute approximate surface area is 121 Å². The number of nitrogens with one attached hydrogen (secondary N) is 1. The third-order valence-corrected chi connectivity index (χ3v) is 3.32. The Kier molecular flexibility index (Phi) is 4.76. The van der Waals surface area contributed by atoms with Gasteiger partial charge in [-0.25, -0.2) is 8.78 Å². The molecule has 0 aliphatic rings. The second kappa shape index (κ2) is 6.54. The number of halogens is 2. The maximum absolute atomic E-state index is 13.0. The minimum atomic E-state index is -0.325. The SMILES string of the molecule is ONC(=S)CC(c1ccc(F)cc1)c1ccc(F)cc1. The Hall–Kier alpha value is -1.85. The van der Waals surface area contributed by atoms with Gasteiger partial charge < -0.3 is 0 Å². The molecule has 20 heavy (non-hydrogen) atoms. The first kappa shape index (κ1) is 14.6. The van der Waals surface area contributed by atoms with Gasteiger partial charge in [0, 0.05) is 12.3 Å². The zero-order valence-electron chi connectivity index (χ0n) is 10.5. The van der Waals surface area contributed by atoms with Gasteiger partial charge in [-0.1, -0.05) is 36.5 Å². The highest BCUT2D eigenvalue weighted by atomic mass is 32.1. The van der Waals surface area contributed by atoms with Gasteiger partial charge in [-0.3, -0.25) is 10.7 Å². The van der Waals surface area contributed by atoms with Crippen LogP contribution in [0.4, 0.5) is 8.78 Å². The lowest BCUT2D eigenvalue weighted by Crippen LogP contribution is -2.19. The fourth-order valence-electron chi connectivity index (χ4n) is 2.05. The Morgan fingerprint density at radius 2 is 1.35 bits per heavy atom. The second-order valence-corrected chi connectivity index (χ2v) is 4.89. The fourth-order valence-corrected chi connectivity index (χ4v) is 2.22. The van der Waals surface area contributed by atoms with Gasteiger partial charge in [0.05, 0.1) is 0 Å². The zero-order valence-corrected chi connectivity index (χ0v) is 11.3. The molecule has 0 fully saturated rings. The zero-order chi connectivity index (χ0) is 14.5. The molecule has 0 spiro atoms. The highest BCUT2D eigenvalue weighted by Crippen LogP contribution is 2.28. The number of hydroxylamine groups is 1. The van der Waals surface area contributed by atoms with E-state index in [9.17, 15) is 8.78 Å². The van der Waals surface area contributed by atoms with Crippen molar-refractivity contribution in [3.8, 4) is 0 Å². The van der Waals surface area contributed by atoms with Crippen LogP contribution < -0.4 is 5.48 Å². The molecule has 0 aliphatic heterocycles. The molecule has 0 heterocycles. The Morgan fingerprint density at radius 1 is 0.950 bits per heavy atom. The molecule has 2 rings (SSSR count). The Morgan fingerprint density at radius 3 is 1.70 bits per heavy atom. The summed E-state index contributed by atoms with van der Waals surface area (Å²) >= 11 is 4.97. The topological polar surface area (TPSA) is 32.3 Å². The van der Waals surface area contributed by atoms with Crippen LogP contribution in [0.1, 0.15) is 23.5 Å². The molecular formula is C15H13F2NOS. The molecule has 0 aliphatic carbocycles. The van der Waals surface area contributed by atoms with Crippen molar-refractivity contribution in [2.24, 2.45) is 0 Å². The monoisotopic (exact) mass is 293 g/mol. The van der Waals surface area contributed by atoms with E-state index in [-0.39, 0.29) is 22.5 Å². The maximum Gasteiger partial charge on any atom is 0.123 e. The summed E-state index contributed by atoms with van der Waals surface area (Å²) in [6, 6.07) is 12.1. The first-order chi connectivity index (χ1) is 9.60. The number of hydrogen-bond donors (Lipinski definition) is 2. The second-order valence-electron chi connectivity index (χ2n) is 4.39. The summed E-state index contributed by atoms with van der Waals surface area (Å²) in [7, 11) is 0. The molecular weight excluding hydrogens is 280 g/mol. The van der Waals surface area contributed by atoms with Crippen LogP contribution in [0.15, 0.2) is 48.5 Å². The quantitative estimate of drug-likeness (QED) is 0.664. The van der Waals surface area contributed by atoms with Gasteiger partial charge >= 0.3 is 0 Å². The highest BCUT2D eigenvalue weighted by Gasteiger charge is 2.16. The highest BCUT2D eigenvalue weighted by molar-refractivity contribution is 7.80. The van der Waals surface area contributed by atoms with Gasteiger partial charge in [-0.2, -0.15) is 0 Å². The number of hydrogen-bond acceptors (Lipinski definition) is 2. The van der Waals surface area contributed by atoms with Crippen LogP contribution in [0.2, 0.25) is 0 Å². The minimum absolute atomic E-state index is 0.177. The molecule has 0 unspecified atom stereocenters. The van der Waals surface area contributed by atoms with Gasteiger partial charge in [-0.05, 0) is 35.4 Å². The fraction of sp³-hybridized carbons (Fsp3) is 0.133. The molecule has 2 nitrogen and oxygen atoms in total. The standard InChI is InChI=1S/C15H13F2NOS/c16-12-5-1-10(2-6-12)14(9-15(20)18-19)11-3-7-13(17)8-4-11/h1-8,14,19H,9H2,(H,18,20). The van der Waals surface area contributed by atoms with E-state index in [0.29, 0.717) is 6.42 Å². The molecule has 2 aromatic rings. The Bertz CT molecular complexity index is 538. The number of rotatable bonds is 4. The van der Waals surface area contributed by atoms with E-state index in [1.807, 2.05) is 5.48 Å². The molecule has 2 N–H and O–H groups in total. The van der Waals surface area contributed by atoms with E-state index in [0.717, 1.165) is 11.1 Å². The first-order valence-corrected chi connectivity index (χ1v) is 6.45. The summed E-state index contributed by atoms with van der Waals surface area (Å²) in [4.78, 5) is 0.267. The van der Waals surface area contributed by atoms with Crippen LogP contribution in [0, 0.1) is 11.6 Å². The lowest BCUT2D eigenvalue weighted by molar-refractivity contribution is 0.234. The van der Waals surface area contributed by atoms with Crippen LogP contribution in [0.25, 0.3) is 0 Å². The van der Waals surface area contributed by atoms with Crippen LogP contribution in [0.3, 0.4) is 0 Å². The van der Waals surface area contributed by atoms with Crippen molar-refractivity contribution in [3.63, 3.8) is 0 Å². The summed E-state index contributed by atoms with van der Waals surface area (Å²) in [5, 5.41) is 8.85. The minimum Gasteiger partial charge on any atom is -0.291 e. The molecule has 0 saturated heterocycles. The van der Waals surface area contributed by atoms with Crippen molar-refractivity contribution in [2.75, 3.05) is 0 Å². The van der Waals surface area contributed by atoms with Crippen molar-refractivity contribution in [3.05, 3.63) is 71.3 Å². The van der Waals surface area contributed by atoms with E-state index in [4.69, 9.17) is 17.4 Å². The van der Waals surface area contributed by atoms with Gasteiger partial charge in [0.1, 0.15) is 16.6 Å².